The molecule has 0 saturated carbocycles. The minimum Gasteiger partial charge on any atom is -0.337 e. The third-order valence-corrected chi connectivity index (χ3v) is 5.33. The lowest BCUT2D eigenvalue weighted by molar-refractivity contribution is -0.141. The predicted molar refractivity (Wildman–Crippen MR) is 76.2 cm³/mol. The fourth-order valence-electron chi connectivity index (χ4n) is 3.89. The Morgan fingerprint density at radius 3 is 2.60 bits per heavy atom. The average Bonchev–Trinajstić information content (AvgIpc) is 2.87. The minimum atomic E-state index is -0.167. The smallest absolute Gasteiger partial charge is 0.245 e. The molecule has 0 aromatic heterocycles. The van der Waals surface area contributed by atoms with Gasteiger partial charge in [-0.25, -0.2) is 0 Å². The van der Waals surface area contributed by atoms with E-state index in [4.69, 9.17) is 0 Å². The van der Waals surface area contributed by atoms with Crippen molar-refractivity contribution in [2.45, 2.75) is 57.2 Å². The van der Waals surface area contributed by atoms with Gasteiger partial charge >= 0.3 is 0 Å². The van der Waals surface area contributed by atoms with Crippen molar-refractivity contribution in [2.24, 2.45) is 0 Å². The van der Waals surface area contributed by atoms with Crippen molar-refractivity contribution in [2.75, 3.05) is 26.7 Å². The highest BCUT2D eigenvalue weighted by Gasteiger charge is 2.42. The average molecular weight is 279 g/mol. The Bertz CT molecular complexity index is 412. The fourth-order valence-corrected chi connectivity index (χ4v) is 3.89. The maximum atomic E-state index is 12.8. The van der Waals surface area contributed by atoms with Crippen molar-refractivity contribution < 1.29 is 9.59 Å². The Balaban J connectivity index is 1.76. The standard InChI is InChI=1S/C15H25N3O2/c1-11-10-12(5-8-16(11)2)17-9-6-14(19)18-7-3-4-13(18)15(17)20/h11-13H,3-10H2,1-2H3. The number of fused-ring (bicyclic) bond motifs is 1. The number of nitrogens with zero attached hydrogens (tertiary/aromatic N) is 3. The van der Waals surface area contributed by atoms with E-state index in [0.717, 1.165) is 38.8 Å². The zero-order valence-corrected chi connectivity index (χ0v) is 12.5. The van der Waals surface area contributed by atoms with Crippen molar-refractivity contribution >= 4 is 11.8 Å². The van der Waals surface area contributed by atoms with E-state index < -0.39 is 0 Å². The molecule has 5 nitrogen and oxygen atoms in total. The summed E-state index contributed by atoms with van der Waals surface area (Å²) in [5, 5.41) is 0. The van der Waals surface area contributed by atoms with Crippen LogP contribution in [-0.2, 0) is 9.59 Å². The molecule has 3 aliphatic heterocycles. The number of carbonyl (C=O) groups excluding carboxylic acids is 2. The number of rotatable bonds is 1. The maximum absolute atomic E-state index is 12.8. The van der Waals surface area contributed by atoms with Gasteiger partial charge in [-0.1, -0.05) is 0 Å². The molecule has 3 aliphatic rings. The fraction of sp³-hybridized carbons (Fsp3) is 0.867. The first-order valence-electron chi connectivity index (χ1n) is 7.88. The van der Waals surface area contributed by atoms with Crippen LogP contribution in [0, 0.1) is 0 Å². The Labute approximate surface area is 120 Å². The molecule has 0 aromatic rings. The van der Waals surface area contributed by atoms with Gasteiger partial charge in [-0.15, -0.1) is 0 Å². The van der Waals surface area contributed by atoms with Crippen molar-refractivity contribution in [3.63, 3.8) is 0 Å². The largest absolute Gasteiger partial charge is 0.337 e. The molecule has 5 heteroatoms. The number of hydrogen-bond acceptors (Lipinski definition) is 3. The van der Waals surface area contributed by atoms with E-state index in [1.165, 1.54) is 0 Å². The van der Waals surface area contributed by atoms with Gasteiger partial charge in [0.1, 0.15) is 6.04 Å². The van der Waals surface area contributed by atoms with Gasteiger partial charge < -0.3 is 14.7 Å². The summed E-state index contributed by atoms with van der Waals surface area (Å²) in [6.45, 7) is 4.65. The highest BCUT2D eigenvalue weighted by Crippen LogP contribution is 2.28. The van der Waals surface area contributed by atoms with Gasteiger partial charge in [0, 0.05) is 38.1 Å². The third kappa shape index (κ3) is 2.32. The zero-order valence-electron chi connectivity index (χ0n) is 12.5. The molecular weight excluding hydrogens is 254 g/mol. The Morgan fingerprint density at radius 2 is 1.85 bits per heavy atom. The molecule has 0 bridgehead atoms. The van der Waals surface area contributed by atoms with Gasteiger partial charge in [-0.05, 0) is 39.7 Å². The van der Waals surface area contributed by atoms with Crippen LogP contribution < -0.4 is 0 Å². The maximum Gasteiger partial charge on any atom is 0.245 e. The zero-order chi connectivity index (χ0) is 14.3. The van der Waals surface area contributed by atoms with Gasteiger partial charge in [-0.2, -0.15) is 0 Å². The van der Waals surface area contributed by atoms with E-state index in [9.17, 15) is 9.59 Å². The number of hydrogen-bond donors (Lipinski definition) is 0. The summed E-state index contributed by atoms with van der Waals surface area (Å²) >= 11 is 0. The summed E-state index contributed by atoms with van der Waals surface area (Å²) in [6.07, 6.45) is 4.39. The normalized spacial score (nSPS) is 36.2. The molecule has 3 saturated heterocycles. The van der Waals surface area contributed by atoms with Crippen LogP contribution in [0.3, 0.4) is 0 Å². The summed E-state index contributed by atoms with van der Waals surface area (Å²) < 4.78 is 0. The van der Waals surface area contributed by atoms with Crippen LogP contribution in [0.15, 0.2) is 0 Å². The molecule has 0 N–H and O–H groups in total. The topological polar surface area (TPSA) is 43.9 Å². The van der Waals surface area contributed by atoms with Gasteiger partial charge in [0.25, 0.3) is 0 Å². The van der Waals surface area contributed by atoms with E-state index in [1.54, 1.807) is 0 Å². The lowest BCUT2D eigenvalue weighted by Gasteiger charge is -2.41. The molecule has 0 spiro atoms. The first-order valence-corrected chi connectivity index (χ1v) is 7.88. The van der Waals surface area contributed by atoms with E-state index in [2.05, 4.69) is 18.9 Å². The quantitative estimate of drug-likeness (QED) is 0.709. The SMILES string of the molecule is CC1CC(N2CCC(=O)N3CCCC3C2=O)CCN1C. The van der Waals surface area contributed by atoms with Crippen LogP contribution >= 0.6 is 0 Å². The molecule has 3 heterocycles. The van der Waals surface area contributed by atoms with E-state index in [0.29, 0.717) is 25.0 Å². The second kappa shape index (κ2) is 5.35. The van der Waals surface area contributed by atoms with Crippen LogP contribution in [-0.4, -0.2) is 71.3 Å². The summed E-state index contributed by atoms with van der Waals surface area (Å²) in [6, 6.07) is 0.669. The van der Waals surface area contributed by atoms with Crippen LogP contribution in [0.5, 0.6) is 0 Å². The van der Waals surface area contributed by atoms with Gasteiger partial charge in [-0.3, -0.25) is 9.59 Å². The first-order chi connectivity index (χ1) is 9.58. The molecular formula is C15H25N3O2. The molecule has 112 valence electrons. The monoisotopic (exact) mass is 279 g/mol. The van der Waals surface area contributed by atoms with E-state index in [1.807, 2.05) is 9.80 Å². The van der Waals surface area contributed by atoms with Crippen molar-refractivity contribution in [1.29, 1.82) is 0 Å². The third-order valence-electron chi connectivity index (χ3n) is 5.33. The molecule has 3 rings (SSSR count). The van der Waals surface area contributed by atoms with Crippen LogP contribution in [0.1, 0.15) is 39.0 Å². The summed E-state index contributed by atoms with van der Waals surface area (Å²) in [4.78, 5) is 31.1. The minimum absolute atomic E-state index is 0.167. The summed E-state index contributed by atoms with van der Waals surface area (Å²) in [5.74, 6) is 0.374. The molecule has 0 radical (unpaired) electrons. The Morgan fingerprint density at radius 1 is 1.05 bits per heavy atom. The Hall–Kier alpha value is -1.10. The Kier molecular flexibility index (Phi) is 3.71. The van der Waals surface area contributed by atoms with Crippen LogP contribution in [0.4, 0.5) is 0 Å². The molecule has 3 atom stereocenters. The van der Waals surface area contributed by atoms with Gasteiger partial charge in [0.15, 0.2) is 0 Å². The second-order valence-electron chi connectivity index (χ2n) is 6.53. The summed E-state index contributed by atoms with van der Waals surface area (Å²) in [5.41, 5.74) is 0. The number of piperidine rings is 1. The molecule has 20 heavy (non-hydrogen) atoms. The second-order valence-corrected chi connectivity index (χ2v) is 6.53. The molecule has 2 amide bonds. The van der Waals surface area contributed by atoms with E-state index >= 15 is 0 Å². The highest BCUT2D eigenvalue weighted by atomic mass is 16.2. The van der Waals surface area contributed by atoms with Crippen molar-refractivity contribution in [3.05, 3.63) is 0 Å². The van der Waals surface area contributed by atoms with E-state index in [-0.39, 0.29) is 17.9 Å². The van der Waals surface area contributed by atoms with Crippen LogP contribution in [0.2, 0.25) is 0 Å². The first kappa shape index (κ1) is 13.9. The van der Waals surface area contributed by atoms with Crippen molar-refractivity contribution in [1.82, 2.24) is 14.7 Å². The number of likely N-dealkylation sites (tertiary alicyclic amines) is 1. The van der Waals surface area contributed by atoms with Crippen LogP contribution in [0.25, 0.3) is 0 Å². The molecule has 0 aliphatic carbocycles. The molecule has 3 fully saturated rings. The summed E-state index contributed by atoms with van der Waals surface area (Å²) in [7, 11) is 2.15. The molecule has 0 aromatic carbocycles. The van der Waals surface area contributed by atoms with Gasteiger partial charge in [0.05, 0.1) is 0 Å². The van der Waals surface area contributed by atoms with Gasteiger partial charge in [0.2, 0.25) is 11.8 Å². The lowest BCUT2D eigenvalue weighted by Crippen LogP contribution is -2.52. The number of amides is 2. The predicted octanol–water partition coefficient (Wildman–Crippen LogP) is 0.692. The number of carbonyl (C=O) groups is 2. The highest BCUT2D eigenvalue weighted by molar-refractivity contribution is 5.90. The lowest BCUT2D eigenvalue weighted by atomic mass is 9.96. The molecule has 3 unspecified atom stereocenters. The van der Waals surface area contributed by atoms with Crippen molar-refractivity contribution in [3.8, 4) is 0 Å².